The first-order valence-electron chi connectivity index (χ1n) is 11.1. The second-order valence-corrected chi connectivity index (χ2v) is 8.23. The van der Waals surface area contributed by atoms with Crippen molar-refractivity contribution >= 4 is 5.91 Å². The van der Waals surface area contributed by atoms with Crippen LogP contribution in [0.1, 0.15) is 40.7 Å². The highest BCUT2D eigenvalue weighted by atomic mass is 19.3. The first-order valence-corrected chi connectivity index (χ1v) is 11.1. The summed E-state index contributed by atoms with van der Waals surface area (Å²) in [5.74, 6) is -2.40. The molecule has 0 bridgehead atoms. The maximum absolute atomic E-state index is 13.9. The molecular formula is C24H23F4N3O5. The molecule has 192 valence electrons. The van der Waals surface area contributed by atoms with Gasteiger partial charge < -0.3 is 30.0 Å². The van der Waals surface area contributed by atoms with Crippen molar-refractivity contribution in [1.82, 2.24) is 10.3 Å². The Morgan fingerprint density at radius 1 is 1.19 bits per heavy atom. The summed E-state index contributed by atoms with van der Waals surface area (Å²) < 4.78 is 68.5. The third-order valence-corrected chi connectivity index (χ3v) is 5.43. The van der Waals surface area contributed by atoms with Crippen LogP contribution in [0.4, 0.5) is 17.6 Å². The fraction of sp³-hybridized carbons (Fsp3) is 0.333. The zero-order valence-corrected chi connectivity index (χ0v) is 18.8. The number of benzene rings is 2. The molecule has 36 heavy (non-hydrogen) atoms. The molecule has 2 aromatic carbocycles. The van der Waals surface area contributed by atoms with E-state index in [1.165, 1.54) is 24.3 Å². The normalized spacial score (nSPS) is 14.1. The van der Waals surface area contributed by atoms with E-state index in [4.69, 9.17) is 14.9 Å². The number of nitrogens with zero attached hydrogens (tertiary/aromatic N) is 1. The molecule has 8 nitrogen and oxygen atoms in total. The number of hydrogen-bond donors (Lipinski definition) is 3. The summed E-state index contributed by atoms with van der Waals surface area (Å²) in [4.78, 5) is 17.0. The lowest BCUT2D eigenvalue weighted by molar-refractivity contribution is -0.0515. The Hall–Kier alpha value is -3.64. The fourth-order valence-corrected chi connectivity index (χ4v) is 3.32. The fourth-order valence-electron chi connectivity index (χ4n) is 3.32. The molecule has 1 atom stereocenters. The van der Waals surface area contributed by atoms with Gasteiger partial charge in [-0.25, -0.2) is 13.8 Å². The molecule has 1 aliphatic carbocycles. The highest BCUT2D eigenvalue weighted by Gasteiger charge is 2.27. The van der Waals surface area contributed by atoms with E-state index >= 15 is 0 Å². The molecule has 1 aromatic heterocycles. The summed E-state index contributed by atoms with van der Waals surface area (Å²) >= 11 is 0. The maximum atomic E-state index is 13.9. The van der Waals surface area contributed by atoms with E-state index in [0.29, 0.717) is 18.6 Å². The number of nitrogens with one attached hydrogen (secondary N) is 1. The number of hydrogen-bond acceptors (Lipinski definition) is 7. The van der Waals surface area contributed by atoms with Crippen LogP contribution < -0.4 is 20.5 Å². The average molecular weight is 509 g/mol. The van der Waals surface area contributed by atoms with E-state index in [-0.39, 0.29) is 46.5 Å². The predicted molar refractivity (Wildman–Crippen MR) is 118 cm³/mol. The number of oxazole rings is 1. The van der Waals surface area contributed by atoms with Crippen molar-refractivity contribution in [3.63, 3.8) is 0 Å². The number of aliphatic hydroxyl groups is 1. The minimum absolute atomic E-state index is 0.0357. The number of amides is 1. The van der Waals surface area contributed by atoms with Crippen LogP contribution in [-0.4, -0.2) is 35.8 Å². The third kappa shape index (κ3) is 6.13. The smallest absolute Gasteiger partial charge is 0.387 e. The average Bonchev–Trinajstić information content (AvgIpc) is 3.57. The third-order valence-electron chi connectivity index (χ3n) is 5.43. The SMILES string of the molecule is N[C@@H](CO)c1oc(-c2ccc(OC(F)F)c(OCC3CC3)c2)nc1C(=O)NCc1ccc(F)cc1F. The van der Waals surface area contributed by atoms with Gasteiger partial charge in [0.2, 0.25) is 5.89 Å². The Bertz CT molecular complexity index is 1230. The molecule has 4 rings (SSSR count). The van der Waals surface area contributed by atoms with Crippen molar-refractivity contribution in [2.45, 2.75) is 32.0 Å². The molecule has 0 saturated heterocycles. The quantitative estimate of drug-likeness (QED) is 0.335. The number of alkyl halides is 2. The van der Waals surface area contributed by atoms with Crippen LogP contribution in [0.5, 0.6) is 11.5 Å². The highest BCUT2D eigenvalue weighted by Crippen LogP contribution is 2.37. The number of aliphatic hydroxyl groups excluding tert-OH is 1. The number of rotatable bonds is 11. The van der Waals surface area contributed by atoms with Crippen LogP contribution in [0.2, 0.25) is 0 Å². The Morgan fingerprint density at radius 2 is 1.97 bits per heavy atom. The first-order chi connectivity index (χ1) is 17.2. The molecule has 1 amide bonds. The van der Waals surface area contributed by atoms with Gasteiger partial charge in [0, 0.05) is 23.7 Å². The molecule has 0 radical (unpaired) electrons. The van der Waals surface area contributed by atoms with Crippen molar-refractivity contribution in [1.29, 1.82) is 0 Å². The summed E-state index contributed by atoms with van der Waals surface area (Å²) in [6.07, 6.45) is 1.96. The minimum Gasteiger partial charge on any atom is -0.489 e. The Labute approximate surface area is 203 Å². The maximum Gasteiger partial charge on any atom is 0.387 e. The standard InChI is InChI=1S/C24H23F4N3O5/c25-15-5-3-14(16(26)8-15)9-30-22(33)20-21(17(29)10-32)36-23(31-20)13-4-6-18(35-24(27)28)19(7-13)34-11-12-1-2-12/h3-8,12,17,24,32H,1-2,9-11,29H2,(H,30,33)/t17-/m0/s1. The van der Waals surface area contributed by atoms with Crippen LogP contribution in [0.25, 0.3) is 11.5 Å². The number of ether oxygens (including phenoxy) is 2. The van der Waals surface area contributed by atoms with Crippen LogP contribution in [0.3, 0.4) is 0 Å². The lowest BCUT2D eigenvalue weighted by Gasteiger charge is -2.12. The summed E-state index contributed by atoms with van der Waals surface area (Å²) in [5.41, 5.74) is 5.93. The number of halogens is 4. The topological polar surface area (TPSA) is 120 Å². The Balaban J connectivity index is 1.60. The molecule has 4 N–H and O–H groups in total. The monoisotopic (exact) mass is 509 g/mol. The molecule has 0 aliphatic heterocycles. The Kier molecular flexibility index (Phi) is 7.75. The lowest BCUT2D eigenvalue weighted by atomic mass is 10.2. The van der Waals surface area contributed by atoms with Gasteiger partial charge in [-0.2, -0.15) is 8.78 Å². The van der Waals surface area contributed by atoms with E-state index in [1.807, 2.05) is 0 Å². The number of carbonyl (C=O) groups excluding carboxylic acids is 1. The molecule has 1 fully saturated rings. The van der Waals surface area contributed by atoms with Crippen LogP contribution in [-0.2, 0) is 6.54 Å². The highest BCUT2D eigenvalue weighted by molar-refractivity contribution is 5.94. The molecule has 3 aromatic rings. The molecule has 1 heterocycles. The number of carbonyl (C=O) groups is 1. The minimum atomic E-state index is -3.06. The van der Waals surface area contributed by atoms with E-state index in [2.05, 4.69) is 15.0 Å². The second-order valence-electron chi connectivity index (χ2n) is 8.23. The van der Waals surface area contributed by atoms with Crippen molar-refractivity contribution < 1.29 is 41.4 Å². The van der Waals surface area contributed by atoms with Gasteiger partial charge >= 0.3 is 6.61 Å². The second kappa shape index (κ2) is 11.0. The van der Waals surface area contributed by atoms with E-state index in [0.717, 1.165) is 18.9 Å². The van der Waals surface area contributed by atoms with Crippen molar-refractivity contribution in [2.24, 2.45) is 11.7 Å². The van der Waals surface area contributed by atoms with Crippen LogP contribution >= 0.6 is 0 Å². The van der Waals surface area contributed by atoms with Crippen molar-refractivity contribution in [2.75, 3.05) is 13.2 Å². The molecule has 1 aliphatic rings. The predicted octanol–water partition coefficient (Wildman–Crippen LogP) is 3.93. The molecule has 0 unspecified atom stereocenters. The van der Waals surface area contributed by atoms with Gasteiger partial charge in [-0.3, -0.25) is 4.79 Å². The van der Waals surface area contributed by atoms with Gasteiger partial charge in [0.1, 0.15) is 11.6 Å². The van der Waals surface area contributed by atoms with Crippen LogP contribution in [0.15, 0.2) is 40.8 Å². The zero-order chi connectivity index (χ0) is 25.8. The summed E-state index contributed by atoms with van der Waals surface area (Å²) in [7, 11) is 0. The molecule has 12 heteroatoms. The zero-order valence-electron chi connectivity index (χ0n) is 18.8. The largest absolute Gasteiger partial charge is 0.489 e. The van der Waals surface area contributed by atoms with E-state index in [1.54, 1.807) is 0 Å². The molecule has 0 spiro atoms. The van der Waals surface area contributed by atoms with Gasteiger partial charge in [-0.15, -0.1) is 0 Å². The van der Waals surface area contributed by atoms with Gasteiger partial charge in [-0.1, -0.05) is 6.07 Å². The van der Waals surface area contributed by atoms with E-state index in [9.17, 15) is 27.5 Å². The number of aromatic nitrogens is 1. The molecule has 1 saturated carbocycles. The summed E-state index contributed by atoms with van der Waals surface area (Å²) in [5, 5.41) is 12.0. The Morgan fingerprint density at radius 3 is 2.64 bits per heavy atom. The lowest BCUT2D eigenvalue weighted by Crippen LogP contribution is -2.26. The van der Waals surface area contributed by atoms with Crippen molar-refractivity contribution in [3.05, 3.63) is 65.1 Å². The number of nitrogens with two attached hydrogens (primary N) is 1. The van der Waals surface area contributed by atoms with Gasteiger partial charge in [0.15, 0.2) is 23.0 Å². The van der Waals surface area contributed by atoms with Crippen molar-refractivity contribution in [3.8, 4) is 23.0 Å². The first kappa shape index (κ1) is 25.5. The summed E-state index contributed by atoms with van der Waals surface area (Å²) in [6.45, 7) is -3.59. The summed E-state index contributed by atoms with van der Waals surface area (Å²) in [6, 6.07) is 5.85. The molecular weight excluding hydrogens is 486 g/mol. The van der Waals surface area contributed by atoms with Gasteiger partial charge in [0.25, 0.3) is 5.91 Å². The van der Waals surface area contributed by atoms with E-state index < -0.39 is 36.8 Å². The van der Waals surface area contributed by atoms with Crippen LogP contribution in [0, 0.1) is 17.6 Å². The van der Waals surface area contributed by atoms with Gasteiger partial charge in [0.05, 0.1) is 19.3 Å². The van der Waals surface area contributed by atoms with Gasteiger partial charge in [-0.05, 0) is 43.0 Å².